The second-order valence-electron chi connectivity index (χ2n) is 9.16. The average Bonchev–Trinajstić information content (AvgIpc) is 3.59. The van der Waals surface area contributed by atoms with Crippen molar-refractivity contribution in [1.82, 2.24) is 9.96 Å². The summed E-state index contributed by atoms with van der Waals surface area (Å²) >= 11 is 0. The standard InChI is InChI=1S/C25H36N2O8/c1-3-9-27(35-10-4-2)22(28)15-26-14-18(17-5-7-20-21(13-17)34-16-33-20)24(25(29)30)19(26)6-8-23-31-11-12-32-23/h5,7,13,18-19,23-24H,3-4,6,8-12,14-16H2,1-2H3,(H,29,30)/t18-,19+,24-/m1/s1. The van der Waals surface area contributed by atoms with E-state index in [1.807, 2.05) is 36.9 Å². The number of aliphatic carboxylic acids is 1. The van der Waals surface area contributed by atoms with Gasteiger partial charge in [0.2, 0.25) is 6.79 Å². The van der Waals surface area contributed by atoms with Gasteiger partial charge in [-0.1, -0.05) is 19.9 Å². The highest BCUT2D eigenvalue weighted by atomic mass is 16.7. The second-order valence-corrected chi connectivity index (χ2v) is 9.16. The van der Waals surface area contributed by atoms with Crippen molar-refractivity contribution in [3.05, 3.63) is 23.8 Å². The van der Waals surface area contributed by atoms with Crippen LogP contribution < -0.4 is 9.47 Å². The van der Waals surface area contributed by atoms with E-state index in [9.17, 15) is 14.7 Å². The van der Waals surface area contributed by atoms with Crippen molar-refractivity contribution >= 4 is 11.9 Å². The minimum Gasteiger partial charge on any atom is -0.481 e. The predicted octanol–water partition coefficient (Wildman–Crippen LogP) is 2.62. The summed E-state index contributed by atoms with van der Waals surface area (Å²) in [6, 6.07) is 5.23. The van der Waals surface area contributed by atoms with Crippen LogP contribution >= 0.6 is 0 Å². The smallest absolute Gasteiger partial charge is 0.308 e. The molecule has 3 aliphatic rings. The van der Waals surface area contributed by atoms with Crippen molar-refractivity contribution in [3.8, 4) is 11.5 Å². The van der Waals surface area contributed by atoms with Gasteiger partial charge < -0.3 is 24.1 Å². The molecule has 10 heteroatoms. The van der Waals surface area contributed by atoms with Crippen LogP contribution in [0.1, 0.15) is 51.0 Å². The van der Waals surface area contributed by atoms with Crippen LogP contribution in [0.25, 0.3) is 0 Å². The third kappa shape index (κ3) is 6.06. The Kier molecular flexibility index (Phi) is 8.83. The molecule has 1 amide bonds. The molecule has 0 radical (unpaired) electrons. The topological polar surface area (TPSA) is 107 Å². The SMILES string of the molecule is CCCON(CCC)C(=O)CN1C[C@H](c2ccc3c(c2)OCO3)[C@@H](C(=O)O)[C@@H]1CCC1OCCO1. The average molecular weight is 493 g/mol. The molecule has 2 saturated heterocycles. The van der Waals surface area contributed by atoms with Crippen molar-refractivity contribution in [1.29, 1.82) is 0 Å². The van der Waals surface area contributed by atoms with Gasteiger partial charge in [-0.05, 0) is 43.4 Å². The highest BCUT2D eigenvalue weighted by Crippen LogP contribution is 2.43. The van der Waals surface area contributed by atoms with Gasteiger partial charge in [0.25, 0.3) is 5.91 Å². The van der Waals surface area contributed by atoms with E-state index in [1.54, 1.807) is 0 Å². The van der Waals surface area contributed by atoms with Gasteiger partial charge in [0, 0.05) is 25.0 Å². The van der Waals surface area contributed by atoms with Gasteiger partial charge >= 0.3 is 5.97 Å². The lowest BCUT2D eigenvalue weighted by molar-refractivity contribution is -0.188. The maximum atomic E-state index is 13.2. The van der Waals surface area contributed by atoms with Crippen LogP contribution in [0.15, 0.2) is 18.2 Å². The number of amides is 1. The summed E-state index contributed by atoms with van der Waals surface area (Å²) in [6.45, 7) is 6.71. The third-order valence-electron chi connectivity index (χ3n) is 6.74. The quantitative estimate of drug-likeness (QED) is 0.441. The summed E-state index contributed by atoms with van der Waals surface area (Å²) in [4.78, 5) is 33.4. The zero-order chi connectivity index (χ0) is 24.8. The van der Waals surface area contributed by atoms with Gasteiger partial charge in [-0.15, -0.1) is 0 Å². The molecule has 194 valence electrons. The van der Waals surface area contributed by atoms with Gasteiger partial charge in [-0.25, -0.2) is 5.06 Å². The number of likely N-dealkylation sites (tertiary alicyclic amines) is 1. The summed E-state index contributed by atoms with van der Waals surface area (Å²) in [5.41, 5.74) is 0.864. The first-order valence-electron chi connectivity index (χ1n) is 12.5. The van der Waals surface area contributed by atoms with Crippen molar-refractivity contribution in [2.75, 3.05) is 46.2 Å². The van der Waals surface area contributed by atoms with Crippen LogP contribution in [0, 0.1) is 5.92 Å². The molecule has 4 rings (SSSR count). The molecule has 2 fully saturated rings. The number of carboxylic acid groups (broad SMARTS) is 1. The molecular weight excluding hydrogens is 456 g/mol. The van der Waals surface area contributed by atoms with E-state index in [0.717, 1.165) is 18.4 Å². The Balaban J connectivity index is 1.56. The Bertz CT molecular complexity index is 875. The highest BCUT2D eigenvalue weighted by Gasteiger charge is 2.47. The number of hydroxylamine groups is 2. The molecule has 1 aromatic rings. The number of benzene rings is 1. The molecule has 0 saturated carbocycles. The Morgan fingerprint density at radius 2 is 1.89 bits per heavy atom. The van der Waals surface area contributed by atoms with E-state index in [-0.39, 0.29) is 37.5 Å². The Morgan fingerprint density at radius 3 is 2.60 bits per heavy atom. The fourth-order valence-corrected chi connectivity index (χ4v) is 5.13. The van der Waals surface area contributed by atoms with Crippen molar-refractivity contribution in [2.45, 2.75) is 57.8 Å². The number of fused-ring (bicyclic) bond motifs is 1. The molecule has 3 heterocycles. The number of hydrogen-bond acceptors (Lipinski definition) is 8. The number of nitrogens with zero attached hydrogens (tertiary/aromatic N) is 2. The normalized spacial score (nSPS) is 24.2. The first kappa shape index (κ1) is 25.7. The van der Waals surface area contributed by atoms with Gasteiger partial charge in [-0.2, -0.15) is 0 Å². The van der Waals surface area contributed by atoms with E-state index in [1.165, 1.54) is 5.06 Å². The van der Waals surface area contributed by atoms with Crippen LogP contribution in [-0.2, 0) is 23.9 Å². The van der Waals surface area contributed by atoms with Crippen LogP contribution in [0.4, 0.5) is 0 Å². The van der Waals surface area contributed by atoms with Gasteiger partial charge in [-0.3, -0.25) is 19.3 Å². The number of carbonyl (C=O) groups excluding carboxylic acids is 1. The number of ether oxygens (including phenoxy) is 4. The fourth-order valence-electron chi connectivity index (χ4n) is 5.13. The first-order valence-corrected chi connectivity index (χ1v) is 12.5. The molecule has 0 bridgehead atoms. The van der Waals surface area contributed by atoms with Crippen molar-refractivity contribution in [2.24, 2.45) is 5.92 Å². The number of rotatable bonds is 12. The minimum absolute atomic E-state index is 0.0889. The summed E-state index contributed by atoms with van der Waals surface area (Å²) in [6.07, 6.45) is 2.34. The molecule has 10 nitrogen and oxygen atoms in total. The molecule has 0 unspecified atom stereocenters. The summed E-state index contributed by atoms with van der Waals surface area (Å²) in [5.74, 6) is -0.765. The second kappa shape index (κ2) is 12.0. The monoisotopic (exact) mass is 492 g/mol. The van der Waals surface area contributed by atoms with E-state index in [0.29, 0.717) is 57.3 Å². The van der Waals surface area contributed by atoms with E-state index in [4.69, 9.17) is 23.8 Å². The molecule has 1 N–H and O–H groups in total. The maximum absolute atomic E-state index is 13.2. The Hall–Kier alpha value is -2.40. The molecule has 0 aliphatic carbocycles. The summed E-state index contributed by atoms with van der Waals surface area (Å²) in [7, 11) is 0. The van der Waals surface area contributed by atoms with Crippen LogP contribution in [0.3, 0.4) is 0 Å². The van der Waals surface area contributed by atoms with Crippen molar-refractivity contribution < 1.29 is 38.5 Å². The third-order valence-corrected chi connectivity index (χ3v) is 6.74. The van der Waals surface area contributed by atoms with Gasteiger partial charge in [0.05, 0.1) is 32.3 Å². The zero-order valence-corrected chi connectivity index (χ0v) is 20.5. The fraction of sp³-hybridized carbons (Fsp3) is 0.680. The molecule has 3 aliphatic heterocycles. The molecule has 0 aromatic heterocycles. The van der Waals surface area contributed by atoms with E-state index >= 15 is 0 Å². The maximum Gasteiger partial charge on any atom is 0.308 e. The van der Waals surface area contributed by atoms with Gasteiger partial charge in [0.15, 0.2) is 17.8 Å². The molecule has 3 atom stereocenters. The molecular formula is C25H36N2O8. The van der Waals surface area contributed by atoms with E-state index < -0.39 is 11.9 Å². The lowest BCUT2D eigenvalue weighted by Gasteiger charge is -2.29. The highest BCUT2D eigenvalue weighted by molar-refractivity contribution is 5.78. The largest absolute Gasteiger partial charge is 0.481 e. The van der Waals surface area contributed by atoms with E-state index in [2.05, 4.69) is 0 Å². The molecule has 1 aromatic carbocycles. The van der Waals surface area contributed by atoms with Crippen LogP contribution in [-0.4, -0.2) is 85.5 Å². The Morgan fingerprint density at radius 1 is 1.11 bits per heavy atom. The first-order chi connectivity index (χ1) is 17.0. The summed E-state index contributed by atoms with van der Waals surface area (Å²) < 4.78 is 22.1. The Labute approximate surface area is 206 Å². The van der Waals surface area contributed by atoms with Gasteiger partial charge in [0.1, 0.15) is 0 Å². The minimum atomic E-state index is -0.881. The van der Waals surface area contributed by atoms with Crippen LogP contribution in [0.5, 0.6) is 11.5 Å². The molecule has 35 heavy (non-hydrogen) atoms. The lowest BCUT2D eigenvalue weighted by Crippen LogP contribution is -2.44. The number of carbonyl (C=O) groups is 2. The predicted molar refractivity (Wildman–Crippen MR) is 125 cm³/mol. The molecule has 0 spiro atoms. The van der Waals surface area contributed by atoms with Crippen molar-refractivity contribution in [3.63, 3.8) is 0 Å². The zero-order valence-electron chi connectivity index (χ0n) is 20.5. The number of hydrogen-bond donors (Lipinski definition) is 1. The number of carboxylic acids is 1. The lowest BCUT2D eigenvalue weighted by atomic mass is 9.83. The summed E-state index contributed by atoms with van der Waals surface area (Å²) in [5, 5.41) is 11.7. The van der Waals surface area contributed by atoms with Crippen LogP contribution in [0.2, 0.25) is 0 Å².